The van der Waals surface area contributed by atoms with Crippen LogP contribution in [0, 0.1) is 5.92 Å². The van der Waals surface area contributed by atoms with Gasteiger partial charge >= 0.3 is 0 Å². The summed E-state index contributed by atoms with van der Waals surface area (Å²) in [7, 11) is 0. The van der Waals surface area contributed by atoms with E-state index in [4.69, 9.17) is 0 Å². The monoisotopic (exact) mass is 495 g/mol. The molecule has 0 bridgehead atoms. The summed E-state index contributed by atoms with van der Waals surface area (Å²) in [4.78, 5) is 32.5. The molecular weight excluding hydrogens is 458 g/mol. The number of amides is 2. The van der Waals surface area contributed by atoms with Crippen molar-refractivity contribution in [2.75, 3.05) is 42.5 Å². The van der Waals surface area contributed by atoms with Crippen LogP contribution in [0.15, 0.2) is 18.2 Å². The fourth-order valence-electron chi connectivity index (χ4n) is 5.90. The van der Waals surface area contributed by atoms with Crippen LogP contribution in [-0.2, 0) is 22.4 Å². The van der Waals surface area contributed by atoms with Gasteiger partial charge in [-0.2, -0.15) is 0 Å². The molecule has 3 heterocycles. The molecule has 0 radical (unpaired) electrons. The van der Waals surface area contributed by atoms with Crippen molar-refractivity contribution in [3.63, 3.8) is 0 Å². The van der Waals surface area contributed by atoms with Crippen LogP contribution in [-0.4, -0.2) is 59.6 Å². The zero-order valence-corrected chi connectivity index (χ0v) is 21.9. The summed E-state index contributed by atoms with van der Waals surface area (Å²) in [5.74, 6) is 0.504. The van der Waals surface area contributed by atoms with Crippen molar-refractivity contribution in [1.82, 2.24) is 15.1 Å². The Hall–Kier alpha value is -2.48. The molecule has 2 saturated heterocycles. The average Bonchev–Trinajstić information content (AvgIpc) is 3.55. The van der Waals surface area contributed by atoms with Gasteiger partial charge in [0, 0.05) is 50.7 Å². The Kier molecular flexibility index (Phi) is 7.37. The van der Waals surface area contributed by atoms with Gasteiger partial charge in [-0.15, -0.1) is 10.2 Å². The van der Waals surface area contributed by atoms with Gasteiger partial charge in [0.15, 0.2) is 0 Å². The van der Waals surface area contributed by atoms with Gasteiger partial charge in [-0.3, -0.25) is 9.59 Å². The van der Waals surface area contributed by atoms with E-state index in [9.17, 15) is 9.59 Å². The van der Waals surface area contributed by atoms with Crippen LogP contribution in [0.25, 0.3) is 0 Å². The third-order valence-corrected chi connectivity index (χ3v) is 9.10. The Morgan fingerprint density at radius 2 is 1.69 bits per heavy atom. The molecule has 188 valence electrons. The molecular formula is C27H37N5O2S. The number of aryl methyl sites for hydroxylation is 2. The molecule has 1 aromatic heterocycles. The van der Waals surface area contributed by atoms with Crippen molar-refractivity contribution >= 4 is 34.0 Å². The van der Waals surface area contributed by atoms with Crippen molar-refractivity contribution < 1.29 is 9.59 Å². The van der Waals surface area contributed by atoms with Crippen LogP contribution in [0.2, 0.25) is 0 Å². The fourth-order valence-corrected chi connectivity index (χ4v) is 6.96. The first-order valence-electron chi connectivity index (χ1n) is 13.4. The second kappa shape index (κ2) is 10.6. The minimum atomic E-state index is -0.261. The SMILES string of the molecule is CCc1cccc(CC)c1N1CC(C(=O)N2CCN(c3nnc(C4CCCCC4)s3)CC2)CC1=O. The summed E-state index contributed by atoms with van der Waals surface area (Å²) in [6, 6.07) is 6.27. The molecule has 1 aromatic carbocycles. The van der Waals surface area contributed by atoms with E-state index in [2.05, 4.69) is 47.1 Å². The van der Waals surface area contributed by atoms with Gasteiger partial charge in [0.25, 0.3) is 0 Å². The first-order chi connectivity index (χ1) is 17.1. The summed E-state index contributed by atoms with van der Waals surface area (Å²) >= 11 is 1.73. The topological polar surface area (TPSA) is 69.6 Å². The Bertz CT molecular complexity index is 1030. The fraction of sp³-hybridized carbons (Fsp3) is 0.630. The maximum atomic E-state index is 13.4. The maximum absolute atomic E-state index is 13.4. The quantitative estimate of drug-likeness (QED) is 0.594. The number of para-hydroxylation sites is 1. The number of hydrogen-bond donors (Lipinski definition) is 0. The third kappa shape index (κ3) is 4.95. The Morgan fingerprint density at radius 1 is 1.00 bits per heavy atom. The van der Waals surface area contributed by atoms with Crippen molar-refractivity contribution in [3.8, 4) is 0 Å². The highest BCUT2D eigenvalue weighted by atomic mass is 32.1. The molecule has 7 nitrogen and oxygen atoms in total. The third-order valence-electron chi connectivity index (χ3n) is 7.96. The van der Waals surface area contributed by atoms with E-state index in [1.807, 2.05) is 9.80 Å². The van der Waals surface area contributed by atoms with Gasteiger partial charge in [0.2, 0.25) is 16.9 Å². The molecule has 0 N–H and O–H groups in total. The number of hydrogen-bond acceptors (Lipinski definition) is 6. The summed E-state index contributed by atoms with van der Waals surface area (Å²) in [5.41, 5.74) is 3.40. The van der Waals surface area contributed by atoms with E-state index in [1.54, 1.807) is 11.3 Å². The van der Waals surface area contributed by atoms with Crippen molar-refractivity contribution in [2.45, 2.75) is 71.1 Å². The van der Waals surface area contributed by atoms with E-state index < -0.39 is 0 Å². The van der Waals surface area contributed by atoms with Crippen LogP contribution in [0.1, 0.15) is 74.4 Å². The molecule has 2 aromatic rings. The van der Waals surface area contributed by atoms with Gasteiger partial charge in [-0.05, 0) is 36.8 Å². The number of carbonyl (C=O) groups is 2. The highest BCUT2D eigenvalue weighted by Crippen LogP contribution is 2.37. The maximum Gasteiger partial charge on any atom is 0.228 e. The molecule has 2 amide bonds. The van der Waals surface area contributed by atoms with Crippen molar-refractivity contribution in [3.05, 3.63) is 34.3 Å². The first kappa shape index (κ1) is 24.2. The summed E-state index contributed by atoms with van der Waals surface area (Å²) in [6.07, 6.45) is 8.46. The lowest BCUT2D eigenvalue weighted by atomic mass is 9.90. The van der Waals surface area contributed by atoms with Gasteiger partial charge < -0.3 is 14.7 Å². The van der Waals surface area contributed by atoms with Gasteiger partial charge in [-0.1, -0.05) is 62.6 Å². The van der Waals surface area contributed by atoms with Crippen LogP contribution in [0.3, 0.4) is 0 Å². The standard InChI is InChI=1S/C27H37N5O2S/c1-3-19-11-8-12-20(4-2)24(19)32-18-22(17-23(32)33)26(34)30-13-15-31(16-14-30)27-29-28-25(35-27)21-9-6-5-7-10-21/h8,11-12,21-22H,3-7,9-10,13-18H2,1-2H3. The van der Waals surface area contributed by atoms with Crippen molar-refractivity contribution in [2.24, 2.45) is 5.92 Å². The lowest BCUT2D eigenvalue weighted by molar-refractivity contribution is -0.136. The van der Waals surface area contributed by atoms with E-state index in [0.29, 0.717) is 32.0 Å². The smallest absolute Gasteiger partial charge is 0.228 e. The number of carbonyl (C=O) groups excluding carboxylic acids is 2. The summed E-state index contributed by atoms with van der Waals surface area (Å²) in [6.45, 7) is 7.63. The van der Waals surface area contributed by atoms with E-state index in [1.165, 1.54) is 48.2 Å². The second-order valence-electron chi connectivity index (χ2n) is 10.1. The van der Waals surface area contributed by atoms with E-state index in [-0.39, 0.29) is 17.7 Å². The van der Waals surface area contributed by atoms with Crippen LogP contribution >= 0.6 is 11.3 Å². The van der Waals surface area contributed by atoms with Crippen LogP contribution in [0.5, 0.6) is 0 Å². The molecule has 1 unspecified atom stereocenters. The molecule has 8 heteroatoms. The zero-order chi connectivity index (χ0) is 24.4. The number of rotatable bonds is 6. The lowest BCUT2D eigenvalue weighted by Crippen LogP contribution is -2.50. The molecule has 5 rings (SSSR count). The zero-order valence-electron chi connectivity index (χ0n) is 21.0. The molecule has 35 heavy (non-hydrogen) atoms. The number of piperazine rings is 1. The Balaban J connectivity index is 1.20. The van der Waals surface area contributed by atoms with Crippen LogP contribution < -0.4 is 9.80 Å². The highest BCUT2D eigenvalue weighted by Gasteiger charge is 2.39. The molecule has 1 aliphatic carbocycles. The van der Waals surface area contributed by atoms with Crippen LogP contribution in [0.4, 0.5) is 10.8 Å². The Labute approximate surface area is 212 Å². The Morgan fingerprint density at radius 3 is 2.34 bits per heavy atom. The molecule has 1 saturated carbocycles. The number of aromatic nitrogens is 2. The number of nitrogens with zero attached hydrogens (tertiary/aromatic N) is 5. The molecule has 2 aliphatic heterocycles. The first-order valence-corrected chi connectivity index (χ1v) is 14.2. The highest BCUT2D eigenvalue weighted by molar-refractivity contribution is 7.15. The summed E-state index contributed by atoms with van der Waals surface area (Å²) < 4.78 is 0. The predicted octanol–water partition coefficient (Wildman–Crippen LogP) is 4.41. The normalized spacial score (nSPS) is 21.7. The largest absolute Gasteiger partial charge is 0.343 e. The van der Waals surface area contributed by atoms with E-state index in [0.717, 1.165) is 36.8 Å². The molecule has 3 fully saturated rings. The summed E-state index contributed by atoms with van der Waals surface area (Å²) in [5, 5.41) is 11.2. The van der Waals surface area contributed by atoms with Gasteiger partial charge in [-0.25, -0.2) is 0 Å². The molecule has 0 spiro atoms. The van der Waals surface area contributed by atoms with Crippen molar-refractivity contribution in [1.29, 1.82) is 0 Å². The minimum absolute atomic E-state index is 0.0710. The number of anilines is 2. The molecule has 1 atom stereocenters. The molecule has 3 aliphatic rings. The van der Waals surface area contributed by atoms with E-state index >= 15 is 0 Å². The number of benzene rings is 1. The minimum Gasteiger partial charge on any atom is -0.343 e. The van der Waals surface area contributed by atoms with Gasteiger partial charge in [0.1, 0.15) is 5.01 Å². The second-order valence-corrected chi connectivity index (χ2v) is 11.1. The lowest BCUT2D eigenvalue weighted by Gasteiger charge is -2.35. The predicted molar refractivity (Wildman–Crippen MR) is 140 cm³/mol. The average molecular weight is 496 g/mol. The van der Waals surface area contributed by atoms with Gasteiger partial charge in [0.05, 0.1) is 5.92 Å².